The minimum Gasteiger partial charge on any atom is -0.485 e. The minimum atomic E-state index is -0.0353. The number of nitrogens with zero attached hydrogens (tertiary/aromatic N) is 4. The van der Waals surface area contributed by atoms with Crippen LogP contribution in [0.5, 0.6) is 5.75 Å². The number of carbonyl (C=O) groups excluding carboxylic acids is 1. The van der Waals surface area contributed by atoms with Crippen molar-refractivity contribution in [2.24, 2.45) is 0 Å². The van der Waals surface area contributed by atoms with E-state index >= 15 is 0 Å². The van der Waals surface area contributed by atoms with E-state index in [0.717, 1.165) is 12.1 Å². The number of aryl methyl sites for hydroxylation is 1. The number of pyridine rings is 1. The Morgan fingerprint density at radius 2 is 2.17 bits per heavy atom. The van der Waals surface area contributed by atoms with Crippen LogP contribution >= 0.6 is 0 Å². The largest absolute Gasteiger partial charge is 0.485 e. The summed E-state index contributed by atoms with van der Waals surface area (Å²) in [5, 5.41) is 7.22. The van der Waals surface area contributed by atoms with Crippen LogP contribution in [0.2, 0.25) is 0 Å². The smallest absolute Gasteiger partial charge is 0.254 e. The summed E-state index contributed by atoms with van der Waals surface area (Å²) in [4.78, 5) is 23.4. The molecule has 4 rings (SSSR count). The normalized spacial score (nSPS) is 16.6. The second-order valence-corrected chi connectivity index (χ2v) is 6.78. The van der Waals surface area contributed by atoms with Gasteiger partial charge < -0.3 is 19.5 Å². The Morgan fingerprint density at radius 3 is 2.90 bits per heavy atom. The van der Waals surface area contributed by atoms with E-state index in [-0.39, 0.29) is 18.6 Å². The minimum absolute atomic E-state index is 0.00217. The fraction of sp³-hybridized carbons (Fsp3) is 0.333. The summed E-state index contributed by atoms with van der Waals surface area (Å²) in [6.45, 7) is 4.30. The zero-order valence-corrected chi connectivity index (χ0v) is 16.2. The highest BCUT2D eigenvalue weighted by Crippen LogP contribution is 2.24. The molecule has 29 heavy (non-hydrogen) atoms. The molecule has 1 unspecified atom stereocenters. The molecule has 1 atom stereocenters. The molecule has 1 N–H and O–H groups in total. The monoisotopic (exact) mass is 393 g/mol. The first-order chi connectivity index (χ1) is 14.2. The third kappa shape index (κ3) is 4.43. The highest BCUT2D eigenvalue weighted by molar-refractivity contribution is 5.94. The highest BCUT2D eigenvalue weighted by atomic mass is 16.5. The number of rotatable bonds is 6. The maximum Gasteiger partial charge on any atom is 0.254 e. The summed E-state index contributed by atoms with van der Waals surface area (Å²) >= 11 is 0. The Kier molecular flexibility index (Phi) is 5.81. The molecule has 8 heteroatoms. The van der Waals surface area contributed by atoms with Gasteiger partial charge in [-0.05, 0) is 35.9 Å². The van der Waals surface area contributed by atoms with Crippen molar-refractivity contribution in [3.63, 3.8) is 0 Å². The fourth-order valence-corrected chi connectivity index (χ4v) is 3.32. The zero-order chi connectivity index (χ0) is 20.1. The zero-order valence-electron chi connectivity index (χ0n) is 16.2. The summed E-state index contributed by atoms with van der Waals surface area (Å²) in [5.74, 6) is 1.73. The van der Waals surface area contributed by atoms with Crippen LogP contribution in [-0.4, -0.2) is 45.6 Å². The van der Waals surface area contributed by atoms with Gasteiger partial charge in [0.2, 0.25) is 11.7 Å². The number of hydrogen-bond donors (Lipinski definition) is 1. The predicted octanol–water partition coefficient (Wildman–Crippen LogP) is 2.39. The van der Waals surface area contributed by atoms with Crippen molar-refractivity contribution in [3.05, 3.63) is 71.6 Å². The number of piperazine rings is 1. The van der Waals surface area contributed by atoms with Crippen molar-refractivity contribution in [1.29, 1.82) is 0 Å². The van der Waals surface area contributed by atoms with Crippen molar-refractivity contribution in [3.8, 4) is 5.75 Å². The van der Waals surface area contributed by atoms with E-state index < -0.39 is 0 Å². The van der Waals surface area contributed by atoms with Crippen LogP contribution in [0, 0.1) is 0 Å². The number of ether oxygens (including phenoxy) is 1. The molecule has 3 heterocycles. The van der Waals surface area contributed by atoms with Gasteiger partial charge in [0.1, 0.15) is 5.75 Å². The molecule has 1 fully saturated rings. The number of hydrogen-bond acceptors (Lipinski definition) is 7. The quantitative estimate of drug-likeness (QED) is 0.687. The highest BCUT2D eigenvalue weighted by Gasteiger charge is 2.28. The summed E-state index contributed by atoms with van der Waals surface area (Å²) in [6.07, 6.45) is 4.24. The van der Waals surface area contributed by atoms with Crippen LogP contribution in [0.15, 0.2) is 53.3 Å². The third-order valence-corrected chi connectivity index (χ3v) is 4.86. The maximum absolute atomic E-state index is 13.1. The molecule has 3 aromatic rings. The summed E-state index contributed by atoms with van der Waals surface area (Å²) in [7, 11) is 0. The maximum atomic E-state index is 13.1. The van der Waals surface area contributed by atoms with Crippen molar-refractivity contribution in [2.45, 2.75) is 26.0 Å². The van der Waals surface area contributed by atoms with Crippen LogP contribution in [-0.2, 0) is 13.0 Å². The van der Waals surface area contributed by atoms with Crippen LogP contribution in [0.25, 0.3) is 0 Å². The molecule has 2 aromatic heterocycles. The van der Waals surface area contributed by atoms with Gasteiger partial charge >= 0.3 is 0 Å². The molecular weight excluding hydrogens is 370 g/mol. The molecule has 1 aromatic carbocycles. The van der Waals surface area contributed by atoms with E-state index in [1.54, 1.807) is 30.5 Å². The number of aromatic nitrogens is 3. The van der Waals surface area contributed by atoms with Crippen LogP contribution in [0.4, 0.5) is 0 Å². The van der Waals surface area contributed by atoms with Gasteiger partial charge in [-0.15, -0.1) is 0 Å². The van der Waals surface area contributed by atoms with Gasteiger partial charge in [0.05, 0.1) is 6.04 Å². The first kappa shape index (κ1) is 19.1. The lowest BCUT2D eigenvalue weighted by atomic mass is 10.0. The van der Waals surface area contributed by atoms with Crippen LogP contribution in [0.3, 0.4) is 0 Å². The van der Waals surface area contributed by atoms with Crippen molar-refractivity contribution in [2.75, 3.05) is 19.6 Å². The molecular formula is C21H23N5O3. The number of carbonyl (C=O) groups is 1. The number of amides is 1. The van der Waals surface area contributed by atoms with Gasteiger partial charge in [0.25, 0.3) is 5.91 Å². The van der Waals surface area contributed by atoms with E-state index in [9.17, 15) is 4.79 Å². The summed E-state index contributed by atoms with van der Waals surface area (Å²) < 4.78 is 10.8. The SMILES string of the molecule is CCc1nc(COc2ccc(C(=O)N3CCNCC3c3cccnc3)cc2)no1. The van der Waals surface area contributed by atoms with Gasteiger partial charge in [0.15, 0.2) is 6.61 Å². The van der Waals surface area contributed by atoms with Crippen molar-refractivity contribution in [1.82, 2.24) is 25.3 Å². The van der Waals surface area contributed by atoms with E-state index in [2.05, 4.69) is 20.4 Å². The number of benzene rings is 1. The van der Waals surface area contributed by atoms with E-state index in [1.807, 2.05) is 30.2 Å². The van der Waals surface area contributed by atoms with Crippen molar-refractivity contribution >= 4 is 5.91 Å². The standard InChI is InChI=1S/C21H23N5O3/c1-2-20-24-19(25-29-20)14-28-17-7-5-15(6-8-17)21(27)26-11-10-23-13-18(26)16-4-3-9-22-12-16/h3-9,12,18,23H,2,10-11,13-14H2,1H3. The van der Waals surface area contributed by atoms with Gasteiger partial charge in [-0.3, -0.25) is 9.78 Å². The van der Waals surface area contributed by atoms with Crippen LogP contribution < -0.4 is 10.1 Å². The Balaban J connectivity index is 1.42. The van der Waals surface area contributed by atoms with Crippen LogP contribution in [0.1, 0.15) is 40.6 Å². The lowest BCUT2D eigenvalue weighted by molar-refractivity contribution is 0.0634. The predicted molar refractivity (Wildman–Crippen MR) is 105 cm³/mol. The molecule has 150 valence electrons. The topological polar surface area (TPSA) is 93.4 Å². The average molecular weight is 393 g/mol. The Labute approximate surface area is 168 Å². The molecule has 8 nitrogen and oxygen atoms in total. The molecule has 0 spiro atoms. The summed E-state index contributed by atoms with van der Waals surface area (Å²) in [6, 6.07) is 11.0. The Hall–Kier alpha value is -3.26. The first-order valence-corrected chi connectivity index (χ1v) is 9.70. The Bertz CT molecular complexity index is 942. The molecule has 0 saturated carbocycles. The van der Waals surface area contributed by atoms with Gasteiger partial charge in [0, 0.05) is 44.0 Å². The molecule has 0 bridgehead atoms. The molecule has 1 amide bonds. The van der Waals surface area contributed by atoms with Gasteiger partial charge in [-0.1, -0.05) is 18.1 Å². The lowest BCUT2D eigenvalue weighted by Gasteiger charge is -2.36. The first-order valence-electron chi connectivity index (χ1n) is 9.70. The fourth-order valence-electron chi connectivity index (χ4n) is 3.32. The van der Waals surface area contributed by atoms with Crippen molar-refractivity contribution < 1.29 is 14.1 Å². The molecule has 1 aliphatic heterocycles. The number of nitrogens with one attached hydrogen (secondary N) is 1. The molecule has 0 aliphatic carbocycles. The second-order valence-electron chi connectivity index (χ2n) is 6.78. The Morgan fingerprint density at radius 1 is 1.31 bits per heavy atom. The van der Waals surface area contributed by atoms with Gasteiger partial charge in [-0.25, -0.2) is 0 Å². The molecule has 1 saturated heterocycles. The van der Waals surface area contributed by atoms with E-state index in [0.29, 0.717) is 42.5 Å². The van der Waals surface area contributed by atoms with E-state index in [1.165, 1.54) is 0 Å². The molecule has 1 aliphatic rings. The lowest BCUT2D eigenvalue weighted by Crippen LogP contribution is -2.48. The third-order valence-electron chi connectivity index (χ3n) is 4.86. The second kappa shape index (κ2) is 8.83. The molecule has 0 radical (unpaired) electrons. The van der Waals surface area contributed by atoms with E-state index in [4.69, 9.17) is 9.26 Å². The average Bonchev–Trinajstić information content (AvgIpc) is 3.26. The summed E-state index contributed by atoms with van der Waals surface area (Å²) in [5.41, 5.74) is 1.65. The van der Waals surface area contributed by atoms with Gasteiger partial charge in [-0.2, -0.15) is 4.98 Å².